The van der Waals surface area contributed by atoms with Gasteiger partial charge in [-0.3, -0.25) is 4.79 Å². The minimum atomic E-state index is -0.489. The Morgan fingerprint density at radius 2 is 2.11 bits per heavy atom. The molecule has 1 aliphatic rings. The fourth-order valence-corrected chi connectivity index (χ4v) is 2.30. The average molecular weight is 249 g/mol. The lowest BCUT2D eigenvalue weighted by Crippen LogP contribution is -2.50. The molecular formula is C14H19NO3. The summed E-state index contributed by atoms with van der Waals surface area (Å²) >= 11 is 0. The van der Waals surface area contributed by atoms with Crippen LogP contribution in [0.25, 0.3) is 0 Å². The van der Waals surface area contributed by atoms with E-state index in [9.17, 15) is 9.90 Å². The lowest BCUT2D eigenvalue weighted by molar-refractivity contribution is -0.149. The highest BCUT2D eigenvalue weighted by atomic mass is 16.5. The lowest BCUT2D eigenvalue weighted by atomic mass is 9.93. The minimum Gasteiger partial charge on any atom is -0.508 e. The maximum absolute atomic E-state index is 11.8. The van der Waals surface area contributed by atoms with Gasteiger partial charge in [0, 0.05) is 13.0 Å². The van der Waals surface area contributed by atoms with Crippen LogP contribution < -0.4 is 0 Å². The molecule has 0 radical (unpaired) electrons. The SMILES string of the molecule is CCC(=O)N1CCOC(C)(c2ccc(O)cc2)C1. The summed E-state index contributed by atoms with van der Waals surface area (Å²) in [6, 6.07) is 6.97. The van der Waals surface area contributed by atoms with Crippen molar-refractivity contribution in [2.75, 3.05) is 19.7 Å². The number of morpholine rings is 1. The van der Waals surface area contributed by atoms with Crippen molar-refractivity contribution in [3.05, 3.63) is 29.8 Å². The number of phenolic OH excluding ortho intramolecular Hbond substituents is 1. The van der Waals surface area contributed by atoms with Gasteiger partial charge in [-0.1, -0.05) is 19.1 Å². The molecule has 1 fully saturated rings. The van der Waals surface area contributed by atoms with Gasteiger partial charge in [0.1, 0.15) is 11.4 Å². The number of rotatable bonds is 2. The van der Waals surface area contributed by atoms with Crippen molar-refractivity contribution in [2.45, 2.75) is 25.9 Å². The smallest absolute Gasteiger partial charge is 0.222 e. The van der Waals surface area contributed by atoms with Gasteiger partial charge in [-0.15, -0.1) is 0 Å². The van der Waals surface area contributed by atoms with Gasteiger partial charge < -0.3 is 14.7 Å². The van der Waals surface area contributed by atoms with Crippen molar-refractivity contribution >= 4 is 5.91 Å². The largest absolute Gasteiger partial charge is 0.508 e. The molecule has 1 atom stereocenters. The third kappa shape index (κ3) is 2.48. The monoisotopic (exact) mass is 249 g/mol. The quantitative estimate of drug-likeness (QED) is 0.870. The highest BCUT2D eigenvalue weighted by Crippen LogP contribution is 2.30. The molecule has 2 rings (SSSR count). The number of carbonyl (C=O) groups is 1. The van der Waals surface area contributed by atoms with E-state index in [4.69, 9.17) is 4.74 Å². The van der Waals surface area contributed by atoms with Crippen LogP contribution in [-0.2, 0) is 15.1 Å². The molecule has 4 heteroatoms. The summed E-state index contributed by atoms with van der Waals surface area (Å²) in [5.41, 5.74) is 0.491. The second-order valence-corrected chi connectivity index (χ2v) is 4.80. The fourth-order valence-electron chi connectivity index (χ4n) is 2.30. The summed E-state index contributed by atoms with van der Waals surface area (Å²) in [4.78, 5) is 13.6. The molecule has 0 aliphatic carbocycles. The van der Waals surface area contributed by atoms with E-state index in [1.54, 1.807) is 12.1 Å². The summed E-state index contributed by atoms with van der Waals surface area (Å²) in [5.74, 6) is 0.392. The zero-order chi connectivity index (χ0) is 13.2. The predicted molar refractivity (Wildman–Crippen MR) is 68.3 cm³/mol. The third-order valence-corrected chi connectivity index (χ3v) is 3.41. The van der Waals surface area contributed by atoms with E-state index in [-0.39, 0.29) is 11.7 Å². The Morgan fingerprint density at radius 3 is 2.72 bits per heavy atom. The molecule has 1 aliphatic heterocycles. The molecule has 0 spiro atoms. The number of ether oxygens (including phenoxy) is 1. The van der Waals surface area contributed by atoms with E-state index in [2.05, 4.69) is 0 Å². The second-order valence-electron chi connectivity index (χ2n) is 4.80. The van der Waals surface area contributed by atoms with Gasteiger partial charge in [0.25, 0.3) is 0 Å². The van der Waals surface area contributed by atoms with Crippen LogP contribution in [0, 0.1) is 0 Å². The van der Waals surface area contributed by atoms with Crippen LogP contribution in [0.3, 0.4) is 0 Å². The van der Waals surface area contributed by atoms with Crippen LogP contribution >= 0.6 is 0 Å². The van der Waals surface area contributed by atoms with Crippen molar-refractivity contribution in [2.24, 2.45) is 0 Å². The Bertz CT molecular complexity index is 429. The van der Waals surface area contributed by atoms with E-state index in [1.807, 2.05) is 30.9 Å². The first-order chi connectivity index (χ1) is 8.55. The van der Waals surface area contributed by atoms with E-state index in [1.165, 1.54) is 0 Å². The van der Waals surface area contributed by atoms with Crippen LogP contribution in [0.15, 0.2) is 24.3 Å². The van der Waals surface area contributed by atoms with Crippen LogP contribution in [-0.4, -0.2) is 35.6 Å². The molecule has 1 unspecified atom stereocenters. The number of aromatic hydroxyl groups is 1. The molecule has 18 heavy (non-hydrogen) atoms. The first kappa shape index (κ1) is 12.9. The van der Waals surface area contributed by atoms with Gasteiger partial charge in [-0.25, -0.2) is 0 Å². The van der Waals surface area contributed by atoms with Crippen molar-refractivity contribution in [3.63, 3.8) is 0 Å². The van der Waals surface area contributed by atoms with Gasteiger partial charge in [-0.05, 0) is 24.6 Å². The Morgan fingerprint density at radius 1 is 1.44 bits per heavy atom. The Kier molecular flexibility index (Phi) is 3.57. The Hall–Kier alpha value is -1.55. The summed E-state index contributed by atoms with van der Waals surface area (Å²) in [6.07, 6.45) is 0.520. The van der Waals surface area contributed by atoms with Crippen LogP contribution in [0.5, 0.6) is 5.75 Å². The Labute approximate surface area is 107 Å². The highest BCUT2D eigenvalue weighted by molar-refractivity contribution is 5.76. The van der Waals surface area contributed by atoms with E-state index >= 15 is 0 Å². The maximum atomic E-state index is 11.8. The van der Waals surface area contributed by atoms with Crippen LogP contribution in [0.1, 0.15) is 25.8 Å². The molecule has 1 aromatic rings. The number of amides is 1. The average Bonchev–Trinajstić information content (AvgIpc) is 2.38. The van der Waals surface area contributed by atoms with Crippen molar-refractivity contribution in [1.82, 2.24) is 4.90 Å². The summed E-state index contributed by atoms with van der Waals surface area (Å²) in [5, 5.41) is 9.31. The number of nitrogens with zero attached hydrogens (tertiary/aromatic N) is 1. The molecule has 1 amide bonds. The van der Waals surface area contributed by atoms with Gasteiger partial charge >= 0.3 is 0 Å². The molecule has 0 aromatic heterocycles. The van der Waals surface area contributed by atoms with Crippen LogP contribution in [0.4, 0.5) is 0 Å². The molecule has 1 heterocycles. The molecule has 1 N–H and O–H groups in total. The lowest BCUT2D eigenvalue weighted by Gasteiger charge is -2.40. The number of hydrogen-bond acceptors (Lipinski definition) is 3. The third-order valence-electron chi connectivity index (χ3n) is 3.41. The Balaban J connectivity index is 2.19. The second kappa shape index (κ2) is 4.98. The summed E-state index contributed by atoms with van der Waals surface area (Å²) < 4.78 is 5.84. The maximum Gasteiger partial charge on any atom is 0.222 e. The normalized spacial score (nSPS) is 24.0. The topological polar surface area (TPSA) is 49.8 Å². The number of carbonyl (C=O) groups excluding carboxylic acids is 1. The molecule has 1 aromatic carbocycles. The predicted octanol–water partition coefficient (Wildman–Crippen LogP) is 1.88. The molecule has 4 nitrogen and oxygen atoms in total. The molecule has 0 saturated carbocycles. The standard InChI is InChI=1S/C14H19NO3/c1-3-13(17)15-8-9-18-14(2,10-15)11-4-6-12(16)7-5-11/h4-7,16H,3,8-10H2,1-2H3. The minimum absolute atomic E-state index is 0.156. The highest BCUT2D eigenvalue weighted by Gasteiger charge is 2.35. The van der Waals surface area contributed by atoms with Gasteiger partial charge in [-0.2, -0.15) is 0 Å². The number of phenols is 1. The first-order valence-electron chi connectivity index (χ1n) is 6.26. The fraction of sp³-hybridized carbons (Fsp3) is 0.500. The van der Waals surface area contributed by atoms with Gasteiger partial charge in [0.05, 0.1) is 13.2 Å². The first-order valence-corrected chi connectivity index (χ1v) is 6.26. The van der Waals surface area contributed by atoms with E-state index in [0.29, 0.717) is 26.1 Å². The molecule has 0 bridgehead atoms. The molecule has 1 saturated heterocycles. The van der Waals surface area contributed by atoms with Crippen molar-refractivity contribution < 1.29 is 14.6 Å². The van der Waals surface area contributed by atoms with Crippen molar-refractivity contribution in [1.29, 1.82) is 0 Å². The van der Waals surface area contributed by atoms with Gasteiger partial charge in [0.2, 0.25) is 5.91 Å². The zero-order valence-corrected chi connectivity index (χ0v) is 10.8. The van der Waals surface area contributed by atoms with Crippen molar-refractivity contribution in [3.8, 4) is 5.75 Å². The molecular weight excluding hydrogens is 230 g/mol. The summed E-state index contributed by atoms with van der Waals surface area (Å²) in [6.45, 7) is 5.61. The number of hydrogen-bond donors (Lipinski definition) is 1. The molecule has 98 valence electrons. The number of benzene rings is 1. The van der Waals surface area contributed by atoms with Crippen LogP contribution in [0.2, 0.25) is 0 Å². The van der Waals surface area contributed by atoms with E-state index < -0.39 is 5.60 Å². The van der Waals surface area contributed by atoms with Gasteiger partial charge in [0.15, 0.2) is 0 Å². The zero-order valence-electron chi connectivity index (χ0n) is 10.8. The summed E-state index contributed by atoms with van der Waals surface area (Å²) in [7, 11) is 0. The van der Waals surface area contributed by atoms with E-state index in [0.717, 1.165) is 5.56 Å².